The lowest BCUT2D eigenvalue weighted by Crippen LogP contribution is -2.57. The number of likely N-dealkylation sites (tertiary alicyclic amines) is 1. The number of methoxy groups -OCH3 is 1. The van der Waals surface area contributed by atoms with Gasteiger partial charge in [0.2, 0.25) is 5.88 Å². The van der Waals surface area contributed by atoms with Gasteiger partial charge in [-0.2, -0.15) is 0 Å². The van der Waals surface area contributed by atoms with Gasteiger partial charge in [-0.15, -0.1) is 0 Å². The van der Waals surface area contributed by atoms with Crippen molar-refractivity contribution < 1.29 is 9.47 Å². The number of benzene rings is 1. The highest BCUT2D eigenvalue weighted by Gasteiger charge is 2.30. The molecule has 0 saturated carbocycles. The molecular weight excluding hydrogens is 298 g/mol. The normalized spacial score (nSPS) is 14.1. The molecule has 0 bridgehead atoms. The predicted octanol–water partition coefficient (Wildman–Crippen LogP) is 2.55. The molecule has 1 aromatic carbocycles. The number of nitrogens with one attached hydrogen (secondary N) is 1. The number of pyridine rings is 1. The molecule has 5 nitrogen and oxygen atoms in total. The highest BCUT2D eigenvalue weighted by molar-refractivity contribution is 7.80. The number of anilines is 1. The Balaban J connectivity index is 1.46. The second kappa shape index (κ2) is 6.62. The molecule has 0 unspecified atom stereocenters. The lowest BCUT2D eigenvalue weighted by atomic mass is 10.2. The third-order valence-corrected chi connectivity index (χ3v) is 3.74. The summed E-state index contributed by atoms with van der Waals surface area (Å²) in [5, 5.41) is 3.84. The van der Waals surface area contributed by atoms with E-state index in [1.807, 2.05) is 36.4 Å². The van der Waals surface area contributed by atoms with Crippen LogP contribution in [-0.4, -0.2) is 41.3 Å². The number of ether oxygens (including phenoxy) is 2. The van der Waals surface area contributed by atoms with Crippen LogP contribution in [0.4, 0.5) is 5.69 Å². The molecule has 1 fully saturated rings. The van der Waals surface area contributed by atoms with Gasteiger partial charge in [-0.25, -0.2) is 4.98 Å². The minimum Gasteiger partial charge on any atom is -0.487 e. The molecular formula is C16H17N3O2S. The van der Waals surface area contributed by atoms with Gasteiger partial charge in [0.25, 0.3) is 0 Å². The topological polar surface area (TPSA) is 46.6 Å². The average Bonchev–Trinajstić information content (AvgIpc) is 2.52. The number of aromatic nitrogens is 1. The lowest BCUT2D eigenvalue weighted by Gasteiger charge is -2.40. The van der Waals surface area contributed by atoms with Crippen molar-refractivity contribution in [1.82, 2.24) is 9.88 Å². The van der Waals surface area contributed by atoms with E-state index in [1.165, 1.54) is 0 Å². The number of nitrogens with zero attached hydrogens (tertiary/aromatic N) is 2. The monoisotopic (exact) mass is 315 g/mol. The summed E-state index contributed by atoms with van der Waals surface area (Å²) in [6, 6.07) is 13.5. The molecule has 6 heteroatoms. The van der Waals surface area contributed by atoms with Crippen molar-refractivity contribution in [3.8, 4) is 11.6 Å². The van der Waals surface area contributed by atoms with Crippen LogP contribution >= 0.6 is 12.2 Å². The van der Waals surface area contributed by atoms with Crippen LogP contribution in [0.2, 0.25) is 0 Å². The quantitative estimate of drug-likeness (QED) is 0.875. The Labute approximate surface area is 134 Å². The van der Waals surface area contributed by atoms with E-state index in [-0.39, 0.29) is 6.10 Å². The largest absolute Gasteiger partial charge is 0.487 e. The third-order valence-electron chi connectivity index (χ3n) is 3.38. The van der Waals surface area contributed by atoms with Crippen molar-refractivity contribution in [1.29, 1.82) is 0 Å². The summed E-state index contributed by atoms with van der Waals surface area (Å²) in [5.41, 5.74) is 0.846. The van der Waals surface area contributed by atoms with Gasteiger partial charge in [-0.1, -0.05) is 18.2 Å². The van der Waals surface area contributed by atoms with E-state index in [1.54, 1.807) is 19.4 Å². The van der Waals surface area contributed by atoms with Gasteiger partial charge >= 0.3 is 0 Å². The molecule has 1 aliphatic heterocycles. The second-order valence-electron chi connectivity index (χ2n) is 4.98. The van der Waals surface area contributed by atoms with Crippen molar-refractivity contribution >= 4 is 23.0 Å². The number of thiocarbonyl (C=S) groups is 1. The zero-order valence-electron chi connectivity index (χ0n) is 12.2. The van der Waals surface area contributed by atoms with Gasteiger partial charge in [0, 0.05) is 6.07 Å². The van der Waals surface area contributed by atoms with Gasteiger partial charge < -0.3 is 19.7 Å². The molecule has 0 aliphatic carbocycles. The predicted molar refractivity (Wildman–Crippen MR) is 89.4 cm³/mol. The van der Waals surface area contributed by atoms with Gasteiger partial charge in [0.15, 0.2) is 5.11 Å². The van der Waals surface area contributed by atoms with Crippen molar-refractivity contribution in [2.75, 3.05) is 25.5 Å². The minimum absolute atomic E-state index is 0.177. The Hall–Kier alpha value is -2.34. The minimum atomic E-state index is 0.177. The number of rotatable bonds is 4. The first-order chi connectivity index (χ1) is 10.7. The van der Waals surface area contributed by atoms with E-state index in [0.717, 1.165) is 24.5 Å². The first-order valence-corrected chi connectivity index (χ1v) is 7.43. The summed E-state index contributed by atoms with van der Waals surface area (Å²) >= 11 is 5.39. The Morgan fingerprint density at radius 3 is 2.64 bits per heavy atom. The Morgan fingerprint density at radius 1 is 1.23 bits per heavy atom. The molecule has 1 aromatic heterocycles. The van der Waals surface area contributed by atoms with E-state index < -0.39 is 0 Å². The molecule has 1 N–H and O–H groups in total. The summed E-state index contributed by atoms with van der Waals surface area (Å²) in [5.74, 6) is 1.47. The fourth-order valence-corrected chi connectivity index (χ4v) is 2.41. The van der Waals surface area contributed by atoms with Gasteiger partial charge in [-0.3, -0.25) is 0 Å². The maximum absolute atomic E-state index is 5.85. The maximum Gasteiger partial charge on any atom is 0.213 e. The SMILES string of the molecule is COc1ccc(NC(=S)N2CC(Oc3ccccc3)C2)cn1. The summed E-state index contributed by atoms with van der Waals surface area (Å²) < 4.78 is 10.9. The molecule has 0 spiro atoms. The highest BCUT2D eigenvalue weighted by atomic mass is 32.1. The Kier molecular flexibility index (Phi) is 4.39. The first-order valence-electron chi connectivity index (χ1n) is 7.02. The molecule has 22 heavy (non-hydrogen) atoms. The Morgan fingerprint density at radius 2 is 2.00 bits per heavy atom. The molecule has 114 valence electrons. The van der Waals surface area contributed by atoms with Crippen LogP contribution in [0.15, 0.2) is 48.7 Å². The van der Waals surface area contributed by atoms with Gasteiger partial charge in [0.1, 0.15) is 11.9 Å². The lowest BCUT2D eigenvalue weighted by molar-refractivity contribution is 0.0694. The fraction of sp³-hybridized carbons (Fsp3) is 0.250. The zero-order valence-corrected chi connectivity index (χ0v) is 13.0. The average molecular weight is 315 g/mol. The van der Waals surface area contributed by atoms with Crippen molar-refractivity contribution in [2.24, 2.45) is 0 Å². The van der Waals surface area contributed by atoms with Crippen LogP contribution in [0.1, 0.15) is 0 Å². The van der Waals surface area contributed by atoms with E-state index in [2.05, 4.69) is 15.2 Å². The zero-order chi connectivity index (χ0) is 15.4. The number of hydrogen-bond acceptors (Lipinski definition) is 4. The molecule has 0 atom stereocenters. The summed E-state index contributed by atoms with van der Waals surface area (Å²) in [6.07, 6.45) is 1.87. The van der Waals surface area contributed by atoms with Crippen molar-refractivity contribution in [3.63, 3.8) is 0 Å². The van der Waals surface area contributed by atoms with Crippen molar-refractivity contribution in [2.45, 2.75) is 6.10 Å². The van der Waals surface area contributed by atoms with Crippen LogP contribution in [0.5, 0.6) is 11.6 Å². The van der Waals surface area contributed by atoms with E-state index in [9.17, 15) is 0 Å². The highest BCUT2D eigenvalue weighted by Crippen LogP contribution is 2.19. The van der Waals surface area contributed by atoms with Crippen LogP contribution in [0.25, 0.3) is 0 Å². The maximum atomic E-state index is 5.85. The standard InChI is InChI=1S/C16H17N3O2S/c1-20-15-8-7-12(9-17-15)18-16(22)19-10-14(11-19)21-13-5-3-2-4-6-13/h2-9,14H,10-11H2,1H3,(H,18,22). The van der Waals surface area contributed by atoms with Crippen LogP contribution in [0.3, 0.4) is 0 Å². The summed E-state index contributed by atoms with van der Waals surface area (Å²) in [7, 11) is 1.59. The van der Waals surface area contributed by atoms with Crippen LogP contribution in [0, 0.1) is 0 Å². The molecule has 3 rings (SSSR count). The number of para-hydroxylation sites is 1. The van der Waals surface area contributed by atoms with Crippen LogP contribution < -0.4 is 14.8 Å². The molecule has 1 saturated heterocycles. The smallest absolute Gasteiger partial charge is 0.213 e. The second-order valence-corrected chi connectivity index (χ2v) is 5.36. The Bertz CT molecular complexity index is 628. The number of hydrogen-bond donors (Lipinski definition) is 1. The van der Waals surface area contributed by atoms with E-state index in [4.69, 9.17) is 21.7 Å². The van der Waals surface area contributed by atoms with E-state index >= 15 is 0 Å². The summed E-state index contributed by atoms with van der Waals surface area (Å²) in [6.45, 7) is 1.56. The molecule has 0 radical (unpaired) electrons. The first kappa shape index (κ1) is 14.6. The van der Waals surface area contributed by atoms with Crippen LogP contribution in [-0.2, 0) is 0 Å². The van der Waals surface area contributed by atoms with Crippen molar-refractivity contribution in [3.05, 3.63) is 48.7 Å². The van der Waals surface area contributed by atoms with E-state index in [0.29, 0.717) is 11.0 Å². The third kappa shape index (κ3) is 3.46. The summed E-state index contributed by atoms with van der Waals surface area (Å²) in [4.78, 5) is 6.20. The van der Waals surface area contributed by atoms with Gasteiger partial charge in [-0.05, 0) is 30.4 Å². The van der Waals surface area contributed by atoms with Gasteiger partial charge in [0.05, 0.1) is 32.1 Å². The molecule has 1 aliphatic rings. The fourth-order valence-electron chi connectivity index (χ4n) is 2.15. The molecule has 2 aromatic rings. The molecule has 0 amide bonds. The molecule has 2 heterocycles.